The number of aliphatic carboxylic acids is 2. The minimum atomic E-state index is -1.13. The Kier molecular flexibility index (Phi) is 3.65. The summed E-state index contributed by atoms with van der Waals surface area (Å²) in [5.74, 6) is -3.09. The van der Waals surface area contributed by atoms with Crippen molar-refractivity contribution in [3.05, 3.63) is 51.8 Å². The quantitative estimate of drug-likeness (QED) is 0.800. The Morgan fingerprint density at radius 1 is 1.17 bits per heavy atom. The third-order valence-electron chi connectivity index (χ3n) is 3.91. The Labute approximate surface area is 135 Å². The van der Waals surface area contributed by atoms with Gasteiger partial charge in [0, 0.05) is 23.0 Å². The number of carboxylic acids is 2. The topological polar surface area (TPSA) is 99.5 Å². The lowest BCUT2D eigenvalue weighted by molar-refractivity contribution is -0.133. The van der Waals surface area contributed by atoms with Crippen molar-refractivity contribution in [2.75, 3.05) is 0 Å². The number of carbonyl (C=O) groups is 2. The molecule has 0 saturated carbocycles. The Hall–Kier alpha value is -2.67. The van der Waals surface area contributed by atoms with E-state index < -0.39 is 17.9 Å². The number of hydrogen-bond acceptors (Lipinski definition) is 5. The van der Waals surface area contributed by atoms with Crippen molar-refractivity contribution < 1.29 is 19.8 Å². The molecule has 7 heteroatoms. The second-order valence-corrected chi connectivity index (χ2v) is 6.15. The van der Waals surface area contributed by atoms with E-state index >= 15 is 0 Å². The zero-order chi connectivity index (χ0) is 16.7. The van der Waals surface area contributed by atoms with Crippen molar-refractivity contribution >= 4 is 33.5 Å². The standard InChI is InChI=1S/C16H14N2O4S/c1-7-11(15(19)20)13(12(16(21)22)8(2)18-7)10-6-23-14-9(10)4-3-5-17-14/h3-6,13,18H,1-2H3,(H,19,20)(H,21,22). The smallest absolute Gasteiger partial charge is 0.334 e. The number of rotatable bonds is 3. The molecule has 0 unspecified atom stereocenters. The Morgan fingerprint density at radius 2 is 1.78 bits per heavy atom. The van der Waals surface area contributed by atoms with Crippen LogP contribution in [0.2, 0.25) is 0 Å². The number of dihydropyridines is 1. The number of nitrogens with zero attached hydrogens (tertiary/aromatic N) is 1. The largest absolute Gasteiger partial charge is 0.478 e. The Morgan fingerprint density at radius 3 is 2.35 bits per heavy atom. The van der Waals surface area contributed by atoms with Gasteiger partial charge in [0.05, 0.1) is 17.1 Å². The van der Waals surface area contributed by atoms with E-state index in [0.717, 1.165) is 10.2 Å². The van der Waals surface area contributed by atoms with Gasteiger partial charge in [-0.15, -0.1) is 11.3 Å². The molecule has 6 nitrogen and oxygen atoms in total. The SMILES string of the molecule is CC1=C(C(=O)O)C(c2csc3ncccc23)C(C(=O)O)=C(C)N1. The first-order valence-corrected chi connectivity index (χ1v) is 7.77. The molecule has 23 heavy (non-hydrogen) atoms. The molecule has 3 N–H and O–H groups in total. The number of hydrogen-bond donors (Lipinski definition) is 3. The normalized spacial score (nSPS) is 15.9. The van der Waals surface area contributed by atoms with Gasteiger partial charge in [0.2, 0.25) is 0 Å². The van der Waals surface area contributed by atoms with Gasteiger partial charge in [-0.2, -0.15) is 0 Å². The maximum Gasteiger partial charge on any atom is 0.334 e. The highest BCUT2D eigenvalue weighted by molar-refractivity contribution is 7.16. The minimum absolute atomic E-state index is 0.0524. The number of allylic oxidation sites excluding steroid dienone is 2. The van der Waals surface area contributed by atoms with E-state index in [1.165, 1.54) is 11.3 Å². The van der Waals surface area contributed by atoms with E-state index in [9.17, 15) is 19.8 Å². The van der Waals surface area contributed by atoms with E-state index in [4.69, 9.17) is 0 Å². The zero-order valence-corrected chi connectivity index (χ0v) is 13.3. The molecule has 0 amide bonds. The van der Waals surface area contributed by atoms with Gasteiger partial charge in [0.15, 0.2) is 0 Å². The second kappa shape index (κ2) is 5.51. The molecule has 2 aromatic rings. The van der Waals surface area contributed by atoms with Crippen LogP contribution in [0.4, 0.5) is 0 Å². The predicted molar refractivity (Wildman–Crippen MR) is 86.2 cm³/mol. The van der Waals surface area contributed by atoms with Crippen LogP contribution in [0.25, 0.3) is 10.2 Å². The van der Waals surface area contributed by atoms with Crippen molar-refractivity contribution in [3.8, 4) is 0 Å². The number of thiophene rings is 1. The first-order valence-electron chi connectivity index (χ1n) is 6.89. The summed E-state index contributed by atoms with van der Waals surface area (Å²) in [5, 5.41) is 24.7. The molecule has 1 aliphatic heterocycles. The summed E-state index contributed by atoms with van der Waals surface area (Å²) in [6, 6.07) is 3.59. The number of carboxylic acid groups (broad SMARTS) is 2. The molecule has 0 atom stereocenters. The molecule has 0 aromatic carbocycles. The van der Waals surface area contributed by atoms with Gasteiger partial charge in [-0.05, 0) is 30.9 Å². The van der Waals surface area contributed by atoms with Crippen LogP contribution in [0.1, 0.15) is 25.3 Å². The van der Waals surface area contributed by atoms with Crippen molar-refractivity contribution in [1.29, 1.82) is 0 Å². The first kappa shape index (κ1) is 15.2. The summed E-state index contributed by atoms with van der Waals surface area (Å²) in [5.41, 5.74) is 1.67. The van der Waals surface area contributed by atoms with Gasteiger partial charge in [-0.3, -0.25) is 0 Å². The highest BCUT2D eigenvalue weighted by atomic mass is 32.1. The number of aromatic nitrogens is 1. The lowest BCUT2D eigenvalue weighted by atomic mass is 9.80. The van der Waals surface area contributed by atoms with Crippen LogP contribution in [-0.4, -0.2) is 27.1 Å². The third kappa shape index (κ3) is 2.39. The van der Waals surface area contributed by atoms with E-state index in [1.54, 1.807) is 31.5 Å². The van der Waals surface area contributed by atoms with E-state index in [-0.39, 0.29) is 11.1 Å². The molecule has 3 heterocycles. The van der Waals surface area contributed by atoms with Crippen LogP contribution in [0.5, 0.6) is 0 Å². The molecule has 1 aliphatic rings. The predicted octanol–water partition coefficient (Wildman–Crippen LogP) is 2.70. The number of nitrogens with one attached hydrogen (secondary N) is 1. The van der Waals surface area contributed by atoms with Crippen LogP contribution < -0.4 is 5.32 Å². The molecular weight excluding hydrogens is 316 g/mol. The lowest BCUT2D eigenvalue weighted by Gasteiger charge is -2.28. The van der Waals surface area contributed by atoms with Gasteiger partial charge in [-0.1, -0.05) is 6.07 Å². The molecule has 0 aliphatic carbocycles. The number of pyridine rings is 1. The summed E-state index contributed by atoms with van der Waals surface area (Å²) >= 11 is 1.37. The monoisotopic (exact) mass is 330 g/mol. The average molecular weight is 330 g/mol. The summed E-state index contributed by atoms with van der Waals surface area (Å²) in [7, 11) is 0. The molecule has 0 bridgehead atoms. The van der Waals surface area contributed by atoms with Crippen LogP contribution in [-0.2, 0) is 9.59 Å². The van der Waals surface area contributed by atoms with Crippen molar-refractivity contribution in [3.63, 3.8) is 0 Å². The maximum absolute atomic E-state index is 11.8. The Balaban J connectivity index is 2.31. The minimum Gasteiger partial charge on any atom is -0.478 e. The fourth-order valence-corrected chi connectivity index (χ4v) is 3.92. The molecule has 0 spiro atoms. The van der Waals surface area contributed by atoms with E-state index in [1.807, 2.05) is 6.07 Å². The first-order chi connectivity index (χ1) is 10.9. The highest BCUT2D eigenvalue weighted by Crippen LogP contribution is 2.42. The lowest BCUT2D eigenvalue weighted by Crippen LogP contribution is -2.30. The molecule has 118 valence electrons. The van der Waals surface area contributed by atoms with Gasteiger partial charge in [0.25, 0.3) is 0 Å². The third-order valence-corrected chi connectivity index (χ3v) is 4.83. The number of fused-ring (bicyclic) bond motifs is 1. The molecule has 3 rings (SSSR count). The fraction of sp³-hybridized carbons (Fsp3) is 0.188. The summed E-state index contributed by atoms with van der Waals surface area (Å²) < 4.78 is 0. The summed E-state index contributed by atoms with van der Waals surface area (Å²) in [4.78, 5) is 28.5. The fourth-order valence-electron chi connectivity index (χ4n) is 2.98. The summed E-state index contributed by atoms with van der Waals surface area (Å²) in [6.45, 7) is 3.29. The second-order valence-electron chi connectivity index (χ2n) is 5.29. The zero-order valence-electron chi connectivity index (χ0n) is 12.5. The van der Waals surface area contributed by atoms with Crippen molar-refractivity contribution in [1.82, 2.24) is 10.3 Å². The van der Waals surface area contributed by atoms with Gasteiger partial charge < -0.3 is 15.5 Å². The summed E-state index contributed by atoms with van der Waals surface area (Å²) in [6.07, 6.45) is 1.66. The molecule has 0 radical (unpaired) electrons. The maximum atomic E-state index is 11.8. The molecule has 0 saturated heterocycles. The van der Waals surface area contributed by atoms with Gasteiger partial charge >= 0.3 is 11.9 Å². The van der Waals surface area contributed by atoms with Crippen LogP contribution in [0, 0.1) is 0 Å². The van der Waals surface area contributed by atoms with Crippen LogP contribution in [0.3, 0.4) is 0 Å². The molecular formula is C16H14N2O4S. The average Bonchev–Trinajstić information content (AvgIpc) is 2.89. The highest BCUT2D eigenvalue weighted by Gasteiger charge is 2.37. The van der Waals surface area contributed by atoms with Gasteiger partial charge in [0.1, 0.15) is 4.83 Å². The van der Waals surface area contributed by atoms with Crippen molar-refractivity contribution in [2.45, 2.75) is 19.8 Å². The molecule has 2 aromatic heterocycles. The van der Waals surface area contributed by atoms with Crippen molar-refractivity contribution in [2.24, 2.45) is 0 Å². The van der Waals surface area contributed by atoms with Crippen LogP contribution in [0.15, 0.2) is 46.2 Å². The van der Waals surface area contributed by atoms with Crippen LogP contribution >= 0.6 is 11.3 Å². The Bertz CT molecular complexity index is 858. The van der Waals surface area contributed by atoms with Gasteiger partial charge in [-0.25, -0.2) is 14.6 Å². The van der Waals surface area contributed by atoms with E-state index in [2.05, 4.69) is 10.3 Å². The van der Waals surface area contributed by atoms with E-state index in [0.29, 0.717) is 17.0 Å². The molecule has 0 fully saturated rings.